The molecular formula is C15H18N6O. The van der Waals surface area contributed by atoms with Gasteiger partial charge in [-0.15, -0.1) is 0 Å². The Bertz CT molecular complexity index is 653. The smallest absolute Gasteiger partial charge is 0.243 e. The molecule has 0 aliphatic rings. The summed E-state index contributed by atoms with van der Waals surface area (Å²) in [4.78, 5) is 15.9. The van der Waals surface area contributed by atoms with Gasteiger partial charge in [-0.1, -0.05) is 18.2 Å². The van der Waals surface area contributed by atoms with Crippen LogP contribution in [0.1, 0.15) is 5.82 Å². The van der Waals surface area contributed by atoms with Crippen molar-refractivity contribution in [2.45, 2.75) is 6.92 Å². The number of aryl methyl sites for hydroxylation is 1. The van der Waals surface area contributed by atoms with Crippen molar-refractivity contribution >= 4 is 11.9 Å². The Morgan fingerprint density at radius 3 is 2.41 bits per heavy atom. The monoisotopic (exact) mass is 298 g/mol. The average Bonchev–Trinajstić information content (AvgIpc) is 2.52. The second kappa shape index (κ2) is 7.22. The van der Waals surface area contributed by atoms with Gasteiger partial charge in [-0.05, 0) is 19.1 Å². The first-order valence-electron chi connectivity index (χ1n) is 6.85. The van der Waals surface area contributed by atoms with Gasteiger partial charge in [0.1, 0.15) is 18.2 Å². The molecule has 2 aromatic rings. The normalized spacial score (nSPS) is 9.91. The van der Waals surface area contributed by atoms with Crippen LogP contribution < -0.4 is 14.5 Å². The first-order valence-corrected chi connectivity index (χ1v) is 6.85. The van der Waals surface area contributed by atoms with Gasteiger partial charge in [0.05, 0.1) is 6.54 Å². The molecule has 0 amide bonds. The maximum Gasteiger partial charge on any atom is 0.243 e. The molecule has 0 saturated carbocycles. The lowest BCUT2D eigenvalue weighted by atomic mass is 10.3. The van der Waals surface area contributed by atoms with Crippen LogP contribution in [0.5, 0.6) is 5.75 Å². The predicted molar refractivity (Wildman–Crippen MR) is 83.8 cm³/mol. The van der Waals surface area contributed by atoms with E-state index in [9.17, 15) is 5.26 Å². The fraction of sp³-hybridized carbons (Fsp3) is 0.333. The van der Waals surface area contributed by atoms with Gasteiger partial charge in [-0.25, -0.2) is 4.90 Å². The van der Waals surface area contributed by atoms with E-state index >= 15 is 0 Å². The third-order valence-electron chi connectivity index (χ3n) is 2.81. The number of hydrogen-bond donors (Lipinski definition) is 0. The molecule has 22 heavy (non-hydrogen) atoms. The molecule has 0 spiro atoms. The zero-order valence-corrected chi connectivity index (χ0v) is 12.9. The largest absolute Gasteiger partial charge is 0.492 e. The maximum absolute atomic E-state index is 9.30. The van der Waals surface area contributed by atoms with Crippen LogP contribution in [-0.4, -0.2) is 42.2 Å². The molecule has 0 radical (unpaired) electrons. The van der Waals surface area contributed by atoms with E-state index < -0.39 is 0 Å². The number of aromatic nitrogens is 3. The zero-order valence-electron chi connectivity index (χ0n) is 12.9. The summed E-state index contributed by atoms with van der Waals surface area (Å²) in [5.74, 6) is 2.18. The number of hydrogen-bond acceptors (Lipinski definition) is 7. The molecule has 0 N–H and O–H groups in total. The number of anilines is 2. The van der Waals surface area contributed by atoms with Gasteiger partial charge >= 0.3 is 0 Å². The highest BCUT2D eigenvalue weighted by Gasteiger charge is 2.13. The number of nitriles is 1. The summed E-state index contributed by atoms with van der Waals surface area (Å²) in [6, 6.07) is 9.46. The molecule has 0 bridgehead atoms. The van der Waals surface area contributed by atoms with Crippen LogP contribution in [0, 0.1) is 18.4 Å². The van der Waals surface area contributed by atoms with E-state index in [0.29, 0.717) is 30.9 Å². The molecule has 1 aromatic heterocycles. The third kappa shape index (κ3) is 4.06. The number of ether oxygens (including phenoxy) is 1. The summed E-state index contributed by atoms with van der Waals surface area (Å²) in [5, 5.41) is 9.30. The second-order valence-corrected chi connectivity index (χ2v) is 4.79. The van der Waals surface area contributed by atoms with Crippen molar-refractivity contribution in [1.82, 2.24) is 15.0 Å². The Hall–Kier alpha value is -2.88. The molecule has 0 aliphatic heterocycles. The number of para-hydroxylation sites is 1. The maximum atomic E-state index is 9.30. The van der Waals surface area contributed by atoms with Crippen molar-refractivity contribution < 1.29 is 4.74 Å². The topological polar surface area (TPSA) is 78.2 Å². The van der Waals surface area contributed by atoms with Crippen LogP contribution in [0.15, 0.2) is 30.3 Å². The van der Waals surface area contributed by atoms with Crippen LogP contribution >= 0.6 is 0 Å². The van der Waals surface area contributed by atoms with E-state index in [1.807, 2.05) is 44.4 Å². The van der Waals surface area contributed by atoms with E-state index in [1.165, 1.54) is 4.90 Å². The number of nitrogens with zero attached hydrogens (tertiary/aromatic N) is 6. The molecule has 0 atom stereocenters. The van der Waals surface area contributed by atoms with Crippen molar-refractivity contribution in [3.05, 3.63) is 36.2 Å². The van der Waals surface area contributed by atoms with E-state index in [-0.39, 0.29) is 0 Å². The molecule has 1 aromatic carbocycles. The highest BCUT2D eigenvalue weighted by atomic mass is 16.5. The van der Waals surface area contributed by atoms with Crippen molar-refractivity contribution in [2.75, 3.05) is 37.0 Å². The van der Waals surface area contributed by atoms with Gasteiger partial charge in [-0.3, -0.25) is 0 Å². The minimum absolute atomic E-state index is 0.329. The van der Waals surface area contributed by atoms with Gasteiger partial charge < -0.3 is 9.64 Å². The lowest BCUT2D eigenvalue weighted by Crippen LogP contribution is -2.26. The van der Waals surface area contributed by atoms with Gasteiger partial charge in [0.15, 0.2) is 6.19 Å². The van der Waals surface area contributed by atoms with E-state index in [4.69, 9.17) is 4.74 Å². The molecular weight excluding hydrogens is 280 g/mol. The quantitative estimate of drug-likeness (QED) is 0.592. The molecule has 0 aliphatic carbocycles. The lowest BCUT2D eigenvalue weighted by Gasteiger charge is -2.17. The second-order valence-electron chi connectivity index (χ2n) is 4.79. The van der Waals surface area contributed by atoms with E-state index in [1.54, 1.807) is 11.8 Å². The summed E-state index contributed by atoms with van der Waals surface area (Å²) in [5.41, 5.74) is 0. The summed E-state index contributed by atoms with van der Waals surface area (Å²) in [6.45, 7) is 2.50. The van der Waals surface area contributed by atoms with Gasteiger partial charge in [0.25, 0.3) is 0 Å². The third-order valence-corrected chi connectivity index (χ3v) is 2.81. The van der Waals surface area contributed by atoms with Crippen molar-refractivity contribution in [1.29, 1.82) is 5.26 Å². The Morgan fingerprint density at radius 1 is 1.09 bits per heavy atom. The molecule has 1 heterocycles. The average molecular weight is 298 g/mol. The van der Waals surface area contributed by atoms with Crippen molar-refractivity contribution in [3.63, 3.8) is 0 Å². The Morgan fingerprint density at radius 2 is 1.77 bits per heavy atom. The summed E-state index contributed by atoms with van der Waals surface area (Å²) in [6.07, 6.45) is 2.08. The van der Waals surface area contributed by atoms with Crippen LogP contribution in [0.2, 0.25) is 0 Å². The minimum atomic E-state index is 0.329. The van der Waals surface area contributed by atoms with Gasteiger partial charge in [-0.2, -0.15) is 20.2 Å². The fourth-order valence-corrected chi connectivity index (χ4v) is 1.74. The summed E-state index contributed by atoms with van der Waals surface area (Å²) in [7, 11) is 3.68. The highest BCUT2D eigenvalue weighted by Crippen LogP contribution is 2.12. The Balaban J connectivity index is 2.04. The zero-order chi connectivity index (χ0) is 15.9. The van der Waals surface area contributed by atoms with Crippen LogP contribution in [0.3, 0.4) is 0 Å². The lowest BCUT2D eigenvalue weighted by molar-refractivity contribution is 0.327. The SMILES string of the molecule is Cc1nc(N(C)C)nc(N(C#N)CCOc2ccccc2)n1. The molecule has 114 valence electrons. The Kier molecular flexibility index (Phi) is 5.09. The number of rotatable bonds is 6. The van der Waals surface area contributed by atoms with E-state index in [0.717, 1.165) is 5.75 Å². The Labute approximate surface area is 129 Å². The number of benzene rings is 1. The standard InChI is InChI=1S/C15H18N6O/c1-12-17-14(20(2)3)19-15(18-12)21(11-16)9-10-22-13-7-5-4-6-8-13/h4-8H,9-10H2,1-3H3. The highest BCUT2D eigenvalue weighted by molar-refractivity contribution is 5.41. The summed E-state index contributed by atoms with van der Waals surface area (Å²) < 4.78 is 5.59. The minimum Gasteiger partial charge on any atom is -0.492 e. The van der Waals surface area contributed by atoms with Crippen LogP contribution in [0.25, 0.3) is 0 Å². The first kappa shape index (κ1) is 15.5. The molecule has 2 rings (SSSR count). The van der Waals surface area contributed by atoms with Crippen LogP contribution in [-0.2, 0) is 0 Å². The van der Waals surface area contributed by atoms with Gasteiger partial charge in [0, 0.05) is 14.1 Å². The summed E-state index contributed by atoms with van der Waals surface area (Å²) >= 11 is 0. The van der Waals surface area contributed by atoms with Gasteiger partial charge in [0.2, 0.25) is 11.9 Å². The van der Waals surface area contributed by atoms with Crippen molar-refractivity contribution in [3.8, 4) is 11.9 Å². The fourth-order valence-electron chi connectivity index (χ4n) is 1.74. The first-order chi connectivity index (χ1) is 10.6. The molecule has 0 saturated heterocycles. The molecule has 0 unspecified atom stereocenters. The molecule has 7 nitrogen and oxygen atoms in total. The van der Waals surface area contributed by atoms with Crippen LogP contribution in [0.4, 0.5) is 11.9 Å². The molecule has 7 heteroatoms. The molecule has 0 fully saturated rings. The van der Waals surface area contributed by atoms with Crippen molar-refractivity contribution in [2.24, 2.45) is 0 Å². The predicted octanol–water partition coefficient (Wildman–Crippen LogP) is 1.61. The van der Waals surface area contributed by atoms with E-state index in [2.05, 4.69) is 21.1 Å².